The summed E-state index contributed by atoms with van der Waals surface area (Å²) in [5.41, 5.74) is -1.32. The summed E-state index contributed by atoms with van der Waals surface area (Å²) >= 11 is 0. The average Bonchev–Trinajstić information content (AvgIpc) is 2.69. The van der Waals surface area contributed by atoms with Crippen molar-refractivity contribution in [2.45, 2.75) is 95.4 Å². The summed E-state index contributed by atoms with van der Waals surface area (Å²) in [6.07, 6.45) is -5.91. The Morgan fingerprint density at radius 1 is 0.943 bits per heavy atom. The zero-order chi connectivity index (χ0) is 26.8. The molecule has 3 nitrogen and oxygen atoms in total. The van der Waals surface area contributed by atoms with Crippen LogP contribution in [0.5, 0.6) is 0 Å². The SMILES string of the molecule is CC(C)[Si](OC1(/C=C(/C(=O)OCC(F)(F)F)c2ccc(C(F)(F)F)cc2)CCC1)(C(C)C)C(C)C. The van der Waals surface area contributed by atoms with Crippen molar-refractivity contribution in [1.29, 1.82) is 0 Å². The smallest absolute Gasteiger partial charge is 0.422 e. The van der Waals surface area contributed by atoms with Crippen LogP contribution < -0.4 is 0 Å². The third-order valence-corrected chi connectivity index (χ3v) is 13.0. The summed E-state index contributed by atoms with van der Waals surface area (Å²) in [6, 6.07) is 3.75. The van der Waals surface area contributed by atoms with E-state index in [1.807, 2.05) is 0 Å². The van der Waals surface area contributed by atoms with Crippen LogP contribution in [0.15, 0.2) is 30.3 Å². The van der Waals surface area contributed by atoms with Crippen molar-refractivity contribution in [2.24, 2.45) is 0 Å². The molecule has 1 aliphatic rings. The van der Waals surface area contributed by atoms with Gasteiger partial charge >= 0.3 is 18.3 Å². The lowest BCUT2D eigenvalue weighted by molar-refractivity contribution is -0.182. The predicted octanol–water partition coefficient (Wildman–Crippen LogP) is 8.31. The van der Waals surface area contributed by atoms with E-state index in [9.17, 15) is 31.1 Å². The average molecular weight is 525 g/mol. The number of hydrogen-bond donors (Lipinski definition) is 0. The Labute approximate surface area is 204 Å². The molecule has 2 rings (SSSR count). The molecule has 1 fully saturated rings. The molecule has 35 heavy (non-hydrogen) atoms. The minimum absolute atomic E-state index is 0.0472. The molecule has 0 spiro atoms. The van der Waals surface area contributed by atoms with Gasteiger partial charge in [-0.05, 0) is 59.7 Å². The van der Waals surface area contributed by atoms with Gasteiger partial charge in [0.15, 0.2) is 6.61 Å². The summed E-state index contributed by atoms with van der Waals surface area (Å²) in [4.78, 5) is 12.8. The van der Waals surface area contributed by atoms with Gasteiger partial charge in [-0.3, -0.25) is 0 Å². The van der Waals surface area contributed by atoms with Gasteiger partial charge in [-0.25, -0.2) is 4.79 Å². The molecule has 0 atom stereocenters. The molecule has 0 unspecified atom stereocenters. The number of halogens is 6. The molecule has 0 radical (unpaired) electrons. The molecule has 0 heterocycles. The minimum Gasteiger partial charge on any atom is -0.452 e. The second-order valence-electron chi connectivity index (χ2n) is 10.2. The standard InChI is InChI=1S/C25H34F6O3Si/c1-16(2)35(17(3)4,18(5)6)34-23(12-7-13-23)14-21(22(32)33-15-24(26,27)28)19-8-10-20(11-9-19)25(29,30)31/h8-11,14,16-18H,7,12-13,15H2,1-6H3/b21-14+. The van der Waals surface area contributed by atoms with E-state index in [1.165, 1.54) is 6.08 Å². The van der Waals surface area contributed by atoms with Gasteiger partial charge in [0.25, 0.3) is 0 Å². The first-order chi connectivity index (χ1) is 15.9. The molecule has 0 aromatic heterocycles. The van der Waals surface area contributed by atoms with Gasteiger partial charge in [0.2, 0.25) is 8.32 Å². The Morgan fingerprint density at radius 2 is 1.43 bits per heavy atom. The monoisotopic (exact) mass is 524 g/mol. The maximum Gasteiger partial charge on any atom is 0.422 e. The van der Waals surface area contributed by atoms with E-state index in [2.05, 4.69) is 46.3 Å². The van der Waals surface area contributed by atoms with Crippen molar-refractivity contribution >= 4 is 19.9 Å². The van der Waals surface area contributed by atoms with Gasteiger partial charge in [-0.15, -0.1) is 0 Å². The second kappa shape index (κ2) is 10.7. The topological polar surface area (TPSA) is 35.5 Å². The molecule has 10 heteroatoms. The number of rotatable bonds is 9. The molecular weight excluding hydrogens is 490 g/mol. The Balaban J connectivity index is 2.57. The zero-order valence-corrected chi connectivity index (χ0v) is 21.9. The maximum atomic E-state index is 13.0. The van der Waals surface area contributed by atoms with E-state index in [4.69, 9.17) is 4.43 Å². The van der Waals surface area contributed by atoms with Gasteiger partial charge in [0, 0.05) is 0 Å². The van der Waals surface area contributed by atoms with Crippen LogP contribution >= 0.6 is 0 Å². The molecular formula is C25H34F6O3Si. The van der Waals surface area contributed by atoms with Crippen molar-refractivity contribution in [3.05, 3.63) is 41.5 Å². The van der Waals surface area contributed by atoms with Crippen LogP contribution in [-0.4, -0.2) is 32.7 Å². The van der Waals surface area contributed by atoms with Gasteiger partial charge in [-0.1, -0.05) is 53.7 Å². The van der Waals surface area contributed by atoms with Gasteiger partial charge in [0.1, 0.15) is 0 Å². The minimum atomic E-state index is -4.74. The second-order valence-corrected chi connectivity index (χ2v) is 15.5. The van der Waals surface area contributed by atoms with E-state index in [0.717, 1.165) is 30.7 Å². The molecule has 0 N–H and O–H groups in total. The van der Waals surface area contributed by atoms with Crippen LogP contribution in [0.25, 0.3) is 5.57 Å². The zero-order valence-electron chi connectivity index (χ0n) is 20.9. The number of esters is 1. The van der Waals surface area contributed by atoms with Crippen LogP contribution in [0.2, 0.25) is 16.6 Å². The maximum absolute atomic E-state index is 13.0. The van der Waals surface area contributed by atoms with Gasteiger partial charge in [0.05, 0.1) is 16.7 Å². The number of ether oxygens (including phenoxy) is 1. The molecule has 1 aromatic rings. The van der Waals surface area contributed by atoms with Crippen LogP contribution in [0, 0.1) is 0 Å². The first-order valence-corrected chi connectivity index (χ1v) is 13.9. The van der Waals surface area contributed by atoms with Crippen molar-refractivity contribution in [1.82, 2.24) is 0 Å². The third kappa shape index (κ3) is 6.90. The molecule has 0 aliphatic heterocycles. The number of carbonyl (C=O) groups is 1. The van der Waals surface area contributed by atoms with Crippen LogP contribution in [0.4, 0.5) is 26.3 Å². The van der Waals surface area contributed by atoms with Crippen molar-refractivity contribution in [3.8, 4) is 0 Å². The van der Waals surface area contributed by atoms with Crippen molar-refractivity contribution < 1.29 is 40.3 Å². The van der Waals surface area contributed by atoms with E-state index in [1.54, 1.807) is 0 Å². The Kier molecular flexibility index (Phi) is 8.96. The quantitative estimate of drug-likeness (QED) is 0.141. The third-order valence-electron chi connectivity index (χ3n) is 6.80. The summed E-state index contributed by atoms with van der Waals surface area (Å²) in [5.74, 6) is -1.25. The Hall–Kier alpha value is -1.81. The fourth-order valence-electron chi connectivity index (χ4n) is 5.09. The molecule has 1 aliphatic carbocycles. The van der Waals surface area contributed by atoms with Gasteiger partial charge < -0.3 is 9.16 Å². The van der Waals surface area contributed by atoms with Crippen LogP contribution in [0.1, 0.15) is 71.9 Å². The van der Waals surface area contributed by atoms with Crippen molar-refractivity contribution in [2.75, 3.05) is 6.61 Å². The first-order valence-electron chi connectivity index (χ1n) is 11.8. The summed E-state index contributed by atoms with van der Waals surface area (Å²) < 4.78 is 88.7. The number of carbonyl (C=O) groups excluding carboxylic acids is 1. The summed E-state index contributed by atoms with van der Waals surface area (Å²) in [6.45, 7) is 10.8. The highest BCUT2D eigenvalue weighted by atomic mass is 28.4. The fourth-order valence-corrected chi connectivity index (χ4v) is 10.8. The van der Waals surface area contributed by atoms with Crippen LogP contribution in [0.3, 0.4) is 0 Å². The summed E-state index contributed by atoms with van der Waals surface area (Å²) in [5, 5.41) is 0. The van der Waals surface area contributed by atoms with E-state index >= 15 is 0 Å². The molecule has 198 valence electrons. The predicted molar refractivity (Wildman–Crippen MR) is 125 cm³/mol. The number of alkyl halides is 6. The fraction of sp³-hybridized carbons (Fsp3) is 0.640. The highest BCUT2D eigenvalue weighted by molar-refractivity contribution is 6.77. The highest BCUT2D eigenvalue weighted by Gasteiger charge is 2.52. The molecule has 1 saturated carbocycles. The first kappa shape index (κ1) is 29.4. The Bertz CT molecular complexity index is 875. The summed E-state index contributed by atoms with van der Waals surface area (Å²) in [7, 11) is -2.44. The molecule has 1 aromatic carbocycles. The van der Waals surface area contributed by atoms with Gasteiger partial charge in [-0.2, -0.15) is 26.3 Å². The normalized spacial score (nSPS) is 17.2. The van der Waals surface area contributed by atoms with E-state index in [-0.39, 0.29) is 27.8 Å². The van der Waals surface area contributed by atoms with Crippen molar-refractivity contribution in [3.63, 3.8) is 0 Å². The lowest BCUT2D eigenvalue weighted by Gasteiger charge is -2.52. The number of hydrogen-bond acceptors (Lipinski definition) is 3. The Morgan fingerprint density at radius 3 is 1.77 bits per heavy atom. The van der Waals surface area contributed by atoms with Crippen LogP contribution in [-0.2, 0) is 20.1 Å². The van der Waals surface area contributed by atoms with E-state index < -0.39 is 44.4 Å². The molecule has 0 bridgehead atoms. The molecule has 0 amide bonds. The highest BCUT2D eigenvalue weighted by Crippen LogP contribution is 2.50. The molecule has 0 saturated heterocycles. The lowest BCUT2D eigenvalue weighted by Crippen LogP contribution is -2.56. The number of benzene rings is 1. The van der Waals surface area contributed by atoms with E-state index in [0.29, 0.717) is 12.8 Å². The lowest BCUT2D eigenvalue weighted by atomic mass is 9.78. The largest absolute Gasteiger partial charge is 0.452 e.